The molecule has 9 heteroatoms. The Morgan fingerprint density at radius 3 is 2.50 bits per heavy atom. The van der Waals surface area contributed by atoms with Crippen LogP contribution < -0.4 is 10.5 Å². The van der Waals surface area contributed by atoms with Gasteiger partial charge in [-0.2, -0.15) is 11.8 Å². The summed E-state index contributed by atoms with van der Waals surface area (Å²) in [6, 6.07) is 4.54. The maximum absolute atomic E-state index is 13.4. The van der Waals surface area contributed by atoms with E-state index in [1.54, 1.807) is 6.07 Å². The van der Waals surface area contributed by atoms with Crippen molar-refractivity contribution < 1.29 is 34.4 Å². The molecular weight excluding hydrogens is 434 g/mol. The second-order valence-electron chi connectivity index (χ2n) is 8.00. The third-order valence-electron chi connectivity index (χ3n) is 6.17. The largest absolute Gasteiger partial charge is 0.507 e. The number of ether oxygens (including phenoxy) is 1. The minimum absolute atomic E-state index is 0.0179. The number of carbonyl (C=O) groups is 3. The predicted molar refractivity (Wildman–Crippen MR) is 118 cm³/mol. The van der Waals surface area contributed by atoms with Gasteiger partial charge in [-0.25, -0.2) is 0 Å². The van der Waals surface area contributed by atoms with Crippen LogP contribution in [0.5, 0.6) is 17.2 Å². The Bertz CT molecular complexity index is 1180. The smallest absolute Gasteiger partial charge is 0.202 e. The first-order valence-corrected chi connectivity index (χ1v) is 11.1. The number of ketones is 3. The number of benzene rings is 2. The van der Waals surface area contributed by atoms with Gasteiger partial charge in [0.25, 0.3) is 0 Å². The molecule has 0 saturated heterocycles. The average Bonchev–Trinajstić information content (AvgIpc) is 2.77. The summed E-state index contributed by atoms with van der Waals surface area (Å²) in [4.78, 5) is 38.9. The van der Waals surface area contributed by atoms with Gasteiger partial charge in [-0.15, -0.1) is 0 Å². The van der Waals surface area contributed by atoms with E-state index >= 15 is 0 Å². The minimum atomic E-state index is -1.78. The summed E-state index contributed by atoms with van der Waals surface area (Å²) >= 11 is 1.30. The Kier molecular flexibility index (Phi) is 5.52. The number of methoxy groups -OCH3 is 1. The lowest BCUT2D eigenvalue weighted by molar-refractivity contribution is -0.136. The number of phenols is 2. The second kappa shape index (κ2) is 7.91. The van der Waals surface area contributed by atoms with Crippen LogP contribution in [0.1, 0.15) is 61.6 Å². The van der Waals surface area contributed by atoms with E-state index in [0.717, 1.165) is 0 Å². The van der Waals surface area contributed by atoms with Gasteiger partial charge in [-0.05, 0) is 19.4 Å². The number of aromatic hydroxyl groups is 2. The summed E-state index contributed by atoms with van der Waals surface area (Å²) in [5.74, 6) is -2.07. The summed E-state index contributed by atoms with van der Waals surface area (Å²) in [6.07, 6.45) is -0.301. The molecule has 32 heavy (non-hydrogen) atoms. The lowest BCUT2D eigenvalue weighted by Gasteiger charge is -2.38. The zero-order valence-electron chi connectivity index (χ0n) is 17.6. The molecule has 4 rings (SSSR count). The molecule has 2 aliphatic carbocycles. The van der Waals surface area contributed by atoms with Gasteiger partial charge in [0.05, 0.1) is 23.8 Å². The highest BCUT2D eigenvalue weighted by molar-refractivity contribution is 7.99. The normalized spacial score (nSPS) is 21.6. The molecule has 2 atom stereocenters. The van der Waals surface area contributed by atoms with Crippen molar-refractivity contribution in [2.24, 2.45) is 5.73 Å². The van der Waals surface area contributed by atoms with Crippen LogP contribution in [0.4, 0.5) is 0 Å². The zero-order chi connectivity index (χ0) is 23.4. The molecule has 2 aromatic rings. The molecule has 5 N–H and O–H groups in total. The molecular formula is C23H23NO7S. The molecule has 8 nitrogen and oxygen atoms in total. The molecule has 0 aliphatic heterocycles. The van der Waals surface area contributed by atoms with E-state index < -0.39 is 39.7 Å². The van der Waals surface area contributed by atoms with Crippen molar-refractivity contribution in [1.29, 1.82) is 0 Å². The van der Waals surface area contributed by atoms with Crippen LogP contribution >= 0.6 is 11.8 Å². The number of aliphatic hydroxyl groups is 1. The standard InChI is InChI=1S/C23H23NO7S/c1-10(25)23(30)8-12-16(14(9-23)32-7-6-24)22(29)18-17(20(12)27)19(26)11-4-3-5-13(31-2)15(11)21(18)28/h3-5,14,27,29-30H,6-9,24H2,1-2H3/t14-,23-/m0/s1. The highest BCUT2D eigenvalue weighted by Gasteiger charge is 2.47. The topological polar surface area (TPSA) is 147 Å². The summed E-state index contributed by atoms with van der Waals surface area (Å²) in [5, 5.41) is 32.7. The highest BCUT2D eigenvalue weighted by atomic mass is 32.2. The molecule has 0 amide bonds. The number of fused-ring (bicyclic) bond motifs is 3. The number of hydrogen-bond donors (Lipinski definition) is 4. The number of carbonyl (C=O) groups excluding carboxylic acids is 3. The third kappa shape index (κ3) is 3.11. The van der Waals surface area contributed by atoms with Gasteiger partial charge in [0, 0.05) is 40.7 Å². The summed E-state index contributed by atoms with van der Waals surface area (Å²) in [7, 11) is 1.37. The summed E-state index contributed by atoms with van der Waals surface area (Å²) in [6.45, 7) is 1.57. The summed E-state index contributed by atoms with van der Waals surface area (Å²) < 4.78 is 5.25. The molecule has 2 aromatic carbocycles. The van der Waals surface area contributed by atoms with Gasteiger partial charge in [0.2, 0.25) is 5.78 Å². The molecule has 0 radical (unpaired) electrons. The molecule has 0 fully saturated rings. The fourth-order valence-electron chi connectivity index (χ4n) is 4.54. The molecule has 168 valence electrons. The second-order valence-corrected chi connectivity index (χ2v) is 9.31. The Morgan fingerprint density at radius 1 is 1.19 bits per heavy atom. The monoisotopic (exact) mass is 457 g/mol. The number of rotatable bonds is 5. The fraction of sp³-hybridized carbons (Fsp3) is 0.348. The van der Waals surface area contributed by atoms with E-state index in [0.29, 0.717) is 12.3 Å². The van der Waals surface area contributed by atoms with Crippen molar-refractivity contribution in [2.75, 3.05) is 19.4 Å². The van der Waals surface area contributed by atoms with Crippen LogP contribution in [-0.2, 0) is 11.2 Å². The van der Waals surface area contributed by atoms with Crippen molar-refractivity contribution in [1.82, 2.24) is 0 Å². The predicted octanol–water partition coefficient (Wildman–Crippen LogP) is 1.88. The molecule has 2 aliphatic rings. The number of thioether (sulfide) groups is 1. The average molecular weight is 458 g/mol. The minimum Gasteiger partial charge on any atom is -0.507 e. The molecule has 0 saturated carbocycles. The van der Waals surface area contributed by atoms with Crippen molar-refractivity contribution >= 4 is 29.1 Å². The van der Waals surface area contributed by atoms with Crippen molar-refractivity contribution in [2.45, 2.75) is 30.6 Å². The number of nitrogens with two attached hydrogens (primary N) is 1. The van der Waals surface area contributed by atoms with E-state index in [1.165, 1.54) is 37.9 Å². The van der Waals surface area contributed by atoms with Crippen LogP contribution in [-0.4, -0.2) is 57.7 Å². The Hall–Kier alpha value is -2.88. The van der Waals surface area contributed by atoms with Gasteiger partial charge >= 0.3 is 0 Å². The van der Waals surface area contributed by atoms with Crippen molar-refractivity contribution in [3.63, 3.8) is 0 Å². The first kappa shape index (κ1) is 22.3. The van der Waals surface area contributed by atoms with Crippen molar-refractivity contribution in [3.05, 3.63) is 51.6 Å². The molecule has 0 bridgehead atoms. The molecule has 0 spiro atoms. The van der Waals surface area contributed by atoms with E-state index in [9.17, 15) is 29.7 Å². The Balaban J connectivity index is 2.01. The van der Waals surface area contributed by atoms with Crippen LogP contribution in [0.25, 0.3) is 0 Å². The first-order chi connectivity index (χ1) is 15.2. The van der Waals surface area contributed by atoms with E-state index in [2.05, 4.69) is 0 Å². The zero-order valence-corrected chi connectivity index (χ0v) is 18.4. The number of phenolic OH excluding ortho intramolecular Hbond substituents is 2. The van der Waals surface area contributed by atoms with Gasteiger partial charge in [-0.1, -0.05) is 12.1 Å². The molecule has 0 heterocycles. The maximum Gasteiger partial charge on any atom is 0.202 e. The van der Waals surface area contributed by atoms with Gasteiger partial charge in [-0.3, -0.25) is 14.4 Å². The summed E-state index contributed by atoms with van der Waals surface area (Å²) in [5.41, 5.74) is 3.61. The number of hydrogen-bond acceptors (Lipinski definition) is 9. The lowest BCUT2D eigenvalue weighted by atomic mass is 9.73. The molecule has 0 aromatic heterocycles. The van der Waals surface area contributed by atoms with Gasteiger partial charge in [0.15, 0.2) is 11.6 Å². The Morgan fingerprint density at radius 2 is 1.88 bits per heavy atom. The molecule has 0 unspecified atom stereocenters. The van der Waals surface area contributed by atoms with Crippen LogP contribution in [0.3, 0.4) is 0 Å². The lowest BCUT2D eigenvalue weighted by Crippen LogP contribution is -2.44. The Labute approximate surface area is 188 Å². The van der Waals surface area contributed by atoms with Gasteiger partial charge < -0.3 is 25.8 Å². The van der Waals surface area contributed by atoms with Crippen LogP contribution in [0.15, 0.2) is 18.2 Å². The quantitative estimate of drug-likeness (QED) is 0.422. The third-order valence-corrected chi connectivity index (χ3v) is 7.44. The van der Waals surface area contributed by atoms with E-state index in [4.69, 9.17) is 10.5 Å². The first-order valence-electron chi connectivity index (χ1n) is 10.1. The fourth-order valence-corrected chi connectivity index (χ4v) is 5.77. The van der Waals surface area contributed by atoms with Crippen LogP contribution in [0, 0.1) is 0 Å². The number of Topliss-reactive ketones (excluding diaryl/α,β-unsaturated/α-hetero) is 1. The maximum atomic E-state index is 13.4. The van der Waals surface area contributed by atoms with Crippen LogP contribution in [0.2, 0.25) is 0 Å². The van der Waals surface area contributed by atoms with E-state index in [-0.39, 0.29) is 52.0 Å². The van der Waals surface area contributed by atoms with Crippen molar-refractivity contribution in [3.8, 4) is 17.2 Å². The highest BCUT2D eigenvalue weighted by Crippen LogP contribution is 2.54. The van der Waals surface area contributed by atoms with Gasteiger partial charge in [0.1, 0.15) is 22.8 Å². The van der Waals surface area contributed by atoms with E-state index in [1.807, 2.05) is 0 Å². The SMILES string of the molecule is COc1cccc2c1C(=O)c1c(O)c3c(c(O)c1C2=O)C[C@@](O)(C(C)=O)C[C@@H]3SCCN.